The molecule has 4 N–H and O–H groups in total. The molecule has 0 aromatic carbocycles. The summed E-state index contributed by atoms with van der Waals surface area (Å²) in [6.45, 7) is 4.47. The molecule has 0 saturated carbocycles. The first kappa shape index (κ1) is 44.3. The topological polar surface area (TPSA) is 124 Å². The lowest BCUT2D eigenvalue weighted by atomic mass is 10.1. The second-order valence-corrected chi connectivity index (χ2v) is 14.1. The number of rotatable bonds is 32. The first-order chi connectivity index (χ1) is 22.2. The second kappa shape index (κ2) is 31.8. The van der Waals surface area contributed by atoms with Crippen molar-refractivity contribution in [3.05, 3.63) is 48.6 Å². The van der Waals surface area contributed by atoms with Crippen molar-refractivity contribution in [2.45, 2.75) is 180 Å². The van der Waals surface area contributed by atoms with Crippen molar-refractivity contribution in [3.63, 3.8) is 0 Å². The van der Waals surface area contributed by atoms with E-state index in [1.807, 2.05) is 6.08 Å². The first-order valence-corrected chi connectivity index (χ1v) is 20.1. The Hall–Kier alpha value is -1.74. The lowest BCUT2D eigenvalue weighted by Crippen LogP contribution is -2.50. The third kappa shape index (κ3) is 30.9. The van der Waals surface area contributed by atoms with E-state index >= 15 is 0 Å². The zero-order valence-corrected chi connectivity index (χ0v) is 30.1. The van der Waals surface area contributed by atoms with Crippen LogP contribution >= 0.6 is 0 Å². The van der Waals surface area contributed by atoms with Crippen LogP contribution < -0.4 is 5.32 Å². The summed E-state index contributed by atoms with van der Waals surface area (Å²) in [7, 11) is -4.46. The minimum Gasteiger partial charge on any atom is -0.387 e. The van der Waals surface area contributed by atoms with E-state index in [2.05, 4.69) is 43.5 Å². The average molecular weight is 668 g/mol. The Bertz CT molecular complexity index is 927. The first-order valence-electron chi connectivity index (χ1n) is 18.4. The number of aliphatic hydroxyl groups is 2. The van der Waals surface area contributed by atoms with Crippen LogP contribution in [0.25, 0.3) is 0 Å². The molecule has 0 aliphatic rings. The number of nitrogens with one attached hydrogen (secondary N) is 1. The van der Waals surface area contributed by atoms with Crippen molar-refractivity contribution in [1.82, 2.24) is 5.32 Å². The maximum atomic E-state index is 12.5. The van der Waals surface area contributed by atoms with E-state index in [4.69, 9.17) is 0 Å². The van der Waals surface area contributed by atoms with E-state index in [9.17, 15) is 28.0 Å². The van der Waals surface area contributed by atoms with Crippen LogP contribution in [0.15, 0.2) is 48.6 Å². The summed E-state index contributed by atoms with van der Waals surface area (Å²) in [5.41, 5.74) is 0. The minimum absolute atomic E-state index is 0.0627. The van der Waals surface area contributed by atoms with E-state index in [1.54, 1.807) is 12.2 Å². The number of allylic oxidation sites excluding steroid dienone is 6. The highest BCUT2D eigenvalue weighted by Gasteiger charge is 2.27. The van der Waals surface area contributed by atoms with Gasteiger partial charge in [0, 0.05) is 6.42 Å². The predicted octanol–water partition coefficient (Wildman–Crippen LogP) is 9.32. The van der Waals surface area contributed by atoms with Crippen LogP contribution in [-0.4, -0.2) is 53.1 Å². The van der Waals surface area contributed by atoms with Gasteiger partial charge in [0.05, 0.1) is 17.9 Å². The molecule has 0 aliphatic carbocycles. The Kier molecular flexibility index (Phi) is 30.6. The van der Waals surface area contributed by atoms with Crippen LogP contribution in [-0.2, 0) is 14.9 Å². The second-order valence-electron chi connectivity index (χ2n) is 12.6. The van der Waals surface area contributed by atoms with Gasteiger partial charge in [-0.15, -0.1) is 0 Å². The molecule has 0 radical (unpaired) electrons. The summed E-state index contributed by atoms with van der Waals surface area (Å²) < 4.78 is 32.3. The molecule has 0 heterocycles. The van der Waals surface area contributed by atoms with Crippen molar-refractivity contribution in [1.29, 1.82) is 0 Å². The van der Waals surface area contributed by atoms with Crippen LogP contribution in [0.3, 0.4) is 0 Å². The molecule has 0 bridgehead atoms. The molecule has 0 saturated heterocycles. The monoisotopic (exact) mass is 667 g/mol. The van der Waals surface area contributed by atoms with E-state index in [0.717, 1.165) is 19.3 Å². The van der Waals surface area contributed by atoms with E-state index < -0.39 is 40.0 Å². The van der Waals surface area contributed by atoms with Crippen LogP contribution in [0.2, 0.25) is 0 Å². The van der Waals surface area contributed by atoms with Gasteiger partial charge in [-0.05, 0) is 44.9 Å². The molecule has 268 valence electrons. The zero-order valence-electron chi connectivity index (χ0n) is 29.3. The smallest absolute Gasteiger partial charge is 0.267 e. The summed E-state index contributed by atoms with van der Waals surface area (Å²) >= 11 is 0. The van der Waals surface area contributed by atoms with Gasteiger partial charge in [-0.2, -0.15) is 8.42 Å². The molecule has 0 aromatic rings. The lowest BCUT2D eigenvalue weighted by Gasteiger charge is -2.22. The molecule has 0 aromatic heterocycles. The Balaban J connectivity index is 4.26. The number of aliphatic hydroxyl groups excluding tert-OH is 2. The Morgan fingerprint density at radius 3 is 1.57 bits per heavy atom. The molecule has 7 nitrogen and oxygen atoms in total. The fourth-order valence-electron chi connectivity index (χ4n) is 5.22. The molecular formula is C38H69NO6S. The lowest BCUT2D eigenvalue weighted by molar-refractivity contribution is -0.130. The van der Waals surface area contributed by atoms with Crippen LogP contribution in [0, 0.1) is 0 Å². The molecular weight excluding hydrogens is 598 g/mol. The maximum Gasteiger partial charge on any atom is 0.267 e. The molecule has 0 fully saturated rings. The number of hydrogen-bond acceptors (Lipinski definition) is 5. The fourth-order valence-corrected chi connectivity index (χ4v) is 5.95. The number of unbranched alkanes of at least 4 members (excludes halogenated alkanes) is 18. The van der Waals surface area contributed by atoms with Crippen molar-refractivity contribution in [3.8, 4) is 0 Å². The van der Waals surface area contributed by atoms with Crippen molar-refractivity contribution in [2.24, 2.45) is 0 Å². The molecule has 1 amide bonds. The Morgan fingerprint density at radius 1 is 0.609 bits per heavy atom. The molecule has 0 rings (SSSR count). The van der Waals surface area contributed by atoms with Crippen LogP contribution in [0.5, 0.6) is 0 Å². The van der Waals surface area contributed by atoms with Gasteiger partial charge < -0.3 is 15.5 Å². The molecule has 8 heteroatoms. The Morgan fingerprint density at radius 2 is 1.04 bits per heavy atom. The maximum absolute atomic E-state index is 12.5. The zero-order chi connectivity index (χ0) is 34.1. The molecule has 3 atom stereocenters. The average Bonchev–Trinajstić information content (AvgIpc) is 3.01. The van der Waals surface area contributed by atoms with Gasteiger partial charge in [-0.1, -0.05) is 159 Å². The normalized spacial score (nSPS) is 14.6. The van der Waals surface area contributed by atoms with Gasteiger partial charge in [0.25, 0.3) is 10.1 Å². The summed E-state index contributed by atoms with van der Waals surface area (Å²) in [4.78, 5) is 12.5. The highest BCUT2D eigenvalue weighted by molar-refractivity contribution is 7.85. The third-order valence-electron chi connectivity index (χ3n) is 8.10. The van der Waals surface area contributed by atoms with Gasteiger partial charge in [-0.3, -0.25) is 9.35 Å². The number of amides is 1. The quantitative estimate of drug-likeness (QED) is 0.0322. The number of carbonyl (C=O) groups is 1. The van der Waals surface area contributed by atoms with E-state index in [1.165, 1.54) is 115 Å². The van der Waals surface area contributed by atoms with E-state index in [0.29, 0.717) is 12.8 Å². The van der Waals surface area contributed by atoms with Crippen molar-refractivity contribution < 1.29 is 28.0 Å². The van der Waals surface area contributed by atoms with Crippen molar-refractivity contribution >= 4 is 16.0 Å². The molecule has 0 spiro atoms. The predicted molar refractivity (Wildman–Crippen MR) is 194 cm³/mol. The largest absolute Gasteiger partial charge is 0.387 e. The van der Waals surface area contributed by atoms with Crippen LogP contribution in [0.4, 0.5) is 0 Å². The molecule has 3 unspecified atom stereocenters. The fraction of sp³-hybridized carbons (Fsp3) is 0.763. The van der Waals surface area contributed by atoms with Gasteiger partial charge in [0.2, 0.25) is 5.91 Å². The van der Waals surface area contributed by atoms with Crippen molar-refractivity contribution in [2.75, 3.05) is 5.75 Å². The summed E-state index contributed by atoms with van der Waals surface area (Å²) in [5, 5.41) is 23.1. The number of carbonyl (C=O) groups excluding carboxylic acids is 1. The van der Waals surface area contributed by atoms with Gasteiger partial charge in [0.15, 0.2) is 0 Å². The summed E-state index contributed by atoms with van der Waals surface area (Å²) in [6.07, 6.45) is 39.0. The molecule has 0 aliphatic heterocycles. The van der Waals surface area contributed by atoms with Gasteiger partial charge >= 0.3 is 0 Å². The summed E-state index contributed by atoms with van der Waals surface area (Å²) in [6, 6.07) is -1.28. The van der Waals surface area contributed by atoms with Gasteiger partial charge in [-0.25, -0.2) is 0 Å². The SMILES string of the molecule is CCCCCCCC/C=C\C/C=C\CC(O)C(=O)NC(CS(=O)(=O)O)C(O)/C=C/CC/C=C/CCCCCCCCCCCCC. The highest BCUT2D eigenvalue weighted by Crippen LogP contribution is 2.12. The van der Waals surface area contributed by atoms with E-state index in [-0.39, 0.29) is 6.42 Å². The van der Waals surface area contributed by atoms with Gasteiger partial charge in [0.1, 0.15) is 6.10 Å². The third-order valence-corrected chi connectivity index (χ3v) is 8.88. The standard InChI is InChI=1S/C38H69NO6S/c1-3-5-7-9-11-13-15-17-18-19-20-21-23-24-26-28-30-32-36(40)35(34-46(43,44)45)39-38(42)37(41)33-31-29-27-25-22-16-14-12-10-8-6-4-2/h22-25,29-32,35-37,40-41H,3-21,26-28,33-34H2,1-2H3,(H,39,42)(H,43,44,45)/b24-23+,25-22-,31-29-,32-30+. The highest BCUT2D eigenvalue weighted by atomic mass is 32.2. The van der Waals surface area contributed by atoms with Crippen LogP contribution in [0.1, 0.15) is 162 Å². The summed E-state index contributed by atoms with van der Waals surface area (Å²) in [5.74, 6) is -1.65. The molecule has 46 heavy (non-hydrogen) atoms. The number of hydrogen-bond donors (Lipinski definition) is 4. The Labute approximate surface area is 282 Å². The minimum atomic E-state index is -4.46.